The molecule has 1 aromatic carbocycles. The molecule has 0 saturated heterocycles. The summed E-state index contributed by atoms with van der Waals surface area (Å²) in [4.78, 5) is 11.9. The van der Waals surface area contributed by atoms with Crippen molar-refractivity contribution in [3.05, 3.63) is 23.8 Å². The monoisotopic (exact) mass is 301 g/mol. The molecule has 0 bridgehead atoms. The van der Waals surface area contributed by atoms with Crippen LogP contribution in [0.25, 0.3) is 0 Å². The number of carbonyl (C=O) groups excluding carboxylic acids is 1. The highest BCUT2D eigenvalue weighted by Gasteiger charge is 2.20. The number of nitrogens with one attached hydrogen (secondary N) is 1. The molecule has 94 valence electrons. The molecule has 1 amide bonds. The first-order chi connectivity index (χ1) is 7.97. The molecule has 0 aliphatic rings. The molecule has 3 N–H and O–H groups in total. The fourth-order valence-corrected chi connectivity index (χ4v) is 2.29. The van der Waals surface area contributed by atoms with Gasteiger partial charge >= 0.3 is 0 Å². The maximum Gasteiger partial charge on any atom is 0.259 e. The van der Waals surface area contributed by atoms with Crippen molar-refractivity contribution < 1.29 is 15.0 Å². The summed E-state index contributed by atoms with van der Waals surface area (Å²) in [6.45, 7) is 3.97. The van der Waals surface area contributed by atoms with Crippen molar-refractivity contribution in [3.8, 4) is 11.5 Å². The van der Waals surface area contributed by atoms with Crippen molar-refractivity contribution in [1.82, 2.24) is 5.32 Å². The van der Waals surface area contributed by atoms with E-state index in [0.29, 0.717) is 5.33 Å². The van der Waals surface area contributed by atoms with Crippen LogP contribution in [0.5, 0.6) is 11.5 Å². The lowest BCUT2D eigenvalue weighted by Crippen LogP contribution is -2.39. The number of aromatic hydroxyl groups is 2. The van der Waals surface area contributed by atoms with Gasteiger partial charge in [-0.3, -0.25) is 4.79 Å². The van der Waals surface area contributed by atoms with Crippen LogP contribution in [0.2, 0.25) is 0 Å². The molecule has 0 spiro atoms. The minimum absolute atomic E-state index is 0.0542. The second kappa shape index (κ2) is 5.91. The number of phenols is 2. The predicted octanol–water partition coefficient (Wildman–Crippen LogP) is 2.25. The van der Waals surface area contributed by atoms with E-state index in [9.17, 15) is 15.0 Å². The van der Waals surface area contributed by atoms with Crippen LogP contribution in [-0.4, -0.2) is 27.5 Å². The highest BCUT2D eigenvalue weighted by Crippen LogP contribution is 2.26. The third-order valence-electron chi connectivity index (χ3n) is 2.53. The Kier molecular flexibility index (Phi) is 4.81. The van der Waals surface area contributed by atoms with Gasteiger partial charge in [0.2, 0.25) is 0 Å². The molecule has 0 aliphatic heterocycles. The van der Waals surface area contributed by atoms with Gasteiger partial charge in [-0.2, -0.15) is 0 Å². The molecule has 5 heteroatoms. The van der Waals surface area contributed by atoms with Crippen LogP contribution in [0.3, 0.4) is 0 Å². The van der Waals surface area contributed by atoms with Crippen LogP contribution in [0.4, 0.5) is 0 Å². The van der Waals surface area contributed by atoms with E-state index >= 15 is 0 Å². The van der Waals surface area contributed by atoms with Crippen LogP contribution in [0.1, 0.15) is 24.2 Å². The van der Waals surface area contributed by atoms with Crippen LogP contribution in [-0.2, 0) is 0 Å². The second-order valence-corrected chi connectivity index (χ2v) is 4.80. The van der Waals surface area contributed by atoms with Gasteiger partial charge in [0.25, 0.3) is 5.91 Å². The predicted molar refractivity (Wildman–Crippen MR) is 69.7 cm³/mol. The van der Waals surface area contributed by atoms with E-state index in [-0.39, 0.29) is 29.0 Å². The van der Waals surface area contributed by atoms with Gasteiger partial charge in [0.15, 0.2) is 0 Å². The SMILES string of the molecule is CC(C)C(CBr)NC(=O)c1c(O)cccc1O. The zero-order valence-corrected chi connectivity index (χ0v) is 11.4. The average molecular weight is 302 g/mol. The number of hydrogen-bond acceptors (Lipinski definition) is 3. The normalized spacial score (nSPS) is 12.5. The van der Waals surface area contributed by atoms with Crippen molar-refractivity contribution in [2.45, 2.75) is 19.9 Å². The van der Waals surface area contributed by atoms with Crippen molar-refractivity contribution >= 4 is 21.8 Å². The maximum atomic E-state index is 11.9. The van der Waals surface area contributed by atoms with Crippen molar-refractivity contribution in [3.63, 3.8) is 0 Å². The van der Waals surface area contributed by atoms with E-state index in [4.69, 9.17) is 0 Å². The third kappa shape index (κ3) is 3.36. The Morgan fingerprint density at radius 2 is 1.88 bits per heavy atom. The van der Waals surface area contributed by atoms with E-state index in [2.05, 4.69) is 21.2 Å². The summed E-state index contributed by atoms with van der Waals surface area (Å²) in [5, 5.41) is 22.5. The number of halogens is 1. The molecular formula is C12H16BrNO3. The first-order valence-electron chi connectivity index (χ1n) is 5.35. The lowest BCUT2D eigenvalue weighted by Gasteiger charge is -2.20. The van der Waals surface area contributed by atoms with E-state index in [1.54, 1.807) is 0 Å². The number of benzene rings is 1. The highest BCUT2D eigenvalue weighted by molar-refractivity contribution is 9.09. The number of rotatable bonds is 4. The van der Waals surface area contributed by atoms with Gasteiger partial charge in [0.1, 0.15) is 17.1 Å². The first kappa shape index (κ1) is 13.8. The summed E-state index contributed by atoms with van der Waals surface area (Å²) in [6.07, 6.45) is 0. The Bertz CT molecular complexity index is 386. The number of alkyl halides is 1. The minimum Gasteiger partial charge on any atom is -0.507 e. The smallest absolute Gasteiger partial charge is 0.259 e. The Balaban J connectivity index is 2.90. The largest absolute Gasteiger partial charge is 0.507 e. The quantitative estimate of drug-likeness (QED) is 0.747. The lowest BCUT2D eigenvalue weighted by molar-refractivity contribution is 0.0926. The van der Waals surface area contributed by atoms with Gasteiger partial charge in [-0.1, -0.05) is 35.8 Å². The lowest BCUT2D eigenvalue weighted by atomic mass is 10.1. The molecule has 1 rings (SSSR count). The van der Waals surface area contributed by atoms with Gasteiger partial charge in [0, 0.05) is 11.4 Å². The fourth-order valence-electron chi connectivity index (χ4n) is 1.38. The van der Waals surface area contributed by atoms with Gasteiger partial charge < -0.3 is 15.5 Å². The zero-order valence-electron chi connectivity index (χ0n) is 9.77. The topological polar surface area (TPSA) is 69.6 Å². The molecule has 0 aliphatic carbocycles. The average Bonchev–Trinajstić information content (AvgIpc) is 2.25. The summed E-state index contributed by atoms with van der Waals surface area (Å²) < 4.78 is 0. The van der Waals surface area contributed by atoms with Gasteiger partial charge in [-0.15, -0.1) is 0 Å². The van der Waals surface area contributed by atoms with Crippen LogP contribution in [0.15, 0.2) is 18.2 Å². The number of phenolic OH excluding ortho intramolecular Hbond substituents is 2. The standard InChI is InChI=1S/C12H16BrNO3/c1-7(2)8(6-13)14-12(17)11-9(15)4-3-5-10(11)16/h3-5,7-8,15-16H,6H2,1-2H3,(H,14,17). The highest BCUT2D eigenvalue weighted by atomic mass is 79.9. The number of carbonyl (C=O) groups is 1. The van der Waals surface area contributed by atoms with Crippen LogP contribution >= 0.6 is 15.9 Å². The van der Waals surface area contributed by atoms with E-state index in [1.807, 2.05) is 13.8 Å². The Hall–Kier alpha value is -1.23. The molecule has 0 fully saturated rings. The molecule has 0 saturated carbocycles. The third-order valence-corrected chi connectivity index (χ3v) is 3.23. The summed E-state index contributed by atoms with van der Waals surface area (Å²) >= 11 is 3.31. The van der Waals surface area contributed by atoms with E-state index < -0.39 is 5.91 Å². The number of hydrogen-bond donors (Lipinski definition) is 3. The Morgan fingerprint density at radius 3 is 2.29 bits per heavy atom. The molecule has 0 aromatic heterocycles. The summed E-state index contributed by atoms with van der Waals surface area (Å²) in [6, 6.07) is 4.16. The Morgan fingerprint density at radius 1 is 1.35 bits per heavy atom. The van der Waals surface area contributed by atoms with Gasteiger partial charge in [-0.05, 0) is 18.1 Å². The summed E-state index contributed by atoms with van der Waals surface area (Å²) in [5.74, 6) is -0.663. The minimum atomic E-state index is -0.473. The van der Waals surface area contributed by atoms with Gasteiger partial charge in [0.05, 0.1) is 0 Å². The van der Waals surface area contributed by atoms with Crippen molar-refractivity contribution in [2.75, 3.05) is 5.33 Å². The Labute approximate surface area is 109 Å². The summed E-state index contributed by atoms with van der Waals surface area (Å²) in [7, 11) is 0. The van der Waals surface area contributed by atoms with Gasteiger partial charge in [-0.25, -0.2) is 0 Å². The van der Waals surface area contributed by atoms with E-state index in [1.165, 1.54) is 18.2 Å². The van der Waals surface area contributed by atoms with Crippen LogP contribution < -0.4 is 5.32 Å². The summed E-state index contributed by atoms with van der Waals surface area (Å²) in [5.41, 5.74) is -0.0842. The molecule has 0 radical (unpaired) electrons. The molecule has 1 unspecified atom stereocenters. The van der Waals surface area contributed by atoms with E-state index in [0.717, 1.165) is 0 Å². The zero-order chi connectivity index (χ0) is 13.0. The molecule has 0 heterocycles. The fraction of sp³-hybridized carbons (Fsp3) is 0.417. The van der Waals surface area contributed by atoms with Crippen molar-refractivity contribution in [1.29, 1.82) is 0 Å². The molecule has 4 nitrogen and oxygen atoms in total. The molecular weight excluding hydrogens is 286 g/mol. The molecule has 17 heavy (non-hydrogen) atoms. The second-order valence-electron chi connectivity index (χ2n) is 4.15. The first-order valence-corrected chi connectivity index (χ1v) is 6.47. The molecule has 1 aromatic rings. The van der Waals surface area contributed by atoms with Crippen molar-refractivity contribution in [2.24, 2.45) is 5.92 Å². The number of amides is 1. The maximum absolute atomic E-state index is 11.9. The molecule has 1 atom stereocenters. The van der Waals surface area contributed by atoms with Crippen LogP contribution in [0, 0.1) is 5.92 Å².